The van der Waals surface area contributed by atoms with Gasteiger partial charge in [-0.3, -0.25) is 0 Å². The van der Waals surface area contributed by atoms with E-state index in [1.165, 1.54) is 58.4 Å². The number of hydrogen-bond donors (Lipinski definition) is 2. The van der Waals surface area contributed by atoms with Crippen LogP contribution in [0.25, 0.3) is 0 Å². The first-order valence-corrected chi connectivity index (χ1v) is 6.47. The van der Waals surface area contributed by atoms with E-state index < -0.39 is 0 Å². The minimum absolute atomic E-state index is 0.756. The number of nitrogens with one attached hydrogen (secondary N) is 2. The van der Waals surface area contributed by atoms with Gasteiger partial charge in [-0.2, -0.15) is 0 Å². The van der Waals surface area contributed by atoms with E-state index in [4.69, 9.17) is 0 Å². The summed E-state index contributed by atoms with van der Waals surface area (Å²) in [6.45, 7) is 6.19. The number of rotatable bonds is 4. The molecule has 2 aliphatic heterocycles. The lowest BCUT2D eigenvalue weighted by atomic mass is 9.96. The van der Waals surface area contributed by atoms with Gasteiger partial charge in [0, 0.05) is 12.6 Å². The third-order valence-corrected chi connectivity index (χ3v) is 3.78. The summed E-state index contributed by atoms with van der Waals surface area (Å²) < 4.78 is 0. The standard InChI is InChI=1S/C12H25N3/c1-15-8-5-12(10-15)14-7-4-11-3-2-6-13-9-11/h11-14H,2-10H2,1H3. The van der Waals surface area contributed by atoms with E-state index >= 15 is 0 Å². The quantitative estimate of drug-likeness (QED) is 0.716. The van der Waals surface area contributed by atoms with Crippen LogP contribution >= 0.6 is 0 Å². The summed E-state index contributed by atoms with van der Waals surface area (Å²) in [5.74, 6) is 0.922. The smallest absolute Gasteiger partial charge is 0.0207 e. The lowest BCUT2D eigenvalue weighted by Crippen LogP contribution is -2.35. The van der Waals surface area contributed by atoms with Gasteiger partial charge in [0.05, 0.1) is 0 Å². The molecule has 15 heavy (non-hydrogen) atoms. The Balaban J connectivity index is 1.54. The highest BCUT2D eigenvalue weighted by atomic mass is 15.2. The van der Waals surface area contributed by atoms with Gasteiger partial charge >= 0.3 is 0 Å². The van der Waals surface area contributed by atoms with Gasteiger partial charge in [-0.1, -0.05) is 0 Å². The van der Waals surface area contributed by atoms with Gasteiger partial charge < -0.3 is 15.5 Å². The fourth-order valence-electron chi connectivity index (χ4n) is 2.76. The first kappa shape index (κ1) is 11.4. The zero-order chi connectivity index (χ0) is 10.5. The Morgan fingerprint density at radius 3 is 3.00 bits per heavy atom. The predicted molar refractivity (Wildman–Crippen MR) is 64.1 cm³/mol. The van der Waals surface area contributed by atoms with Crippen molar-refractivity contribution in [1.29, 1.82) is 0 Å². The van der Waals surface area contributed by atoms with E-state index in [0.717, 1.165) is 12.0 Å². The van der Waals surface area contributed by atoms with Crippen molar-refractivity contribution in [2.45, 2.75) is 31.7 Å². The molecule has 0 amide bonds. The molecule has 2 unspecified atom stereocenters. The Labute approximate surface area is 93.6 Å². The molecule has 0 saturated carbocycles. The number of hydrogen-bond acceptors (Lipinski definition) is 3. The second-order valence-electron chi connectivity index (χ2n) is 5.20. The van der Waals surface area contributed by atoms with E-state index in [-0.39, 0.29) is 0 Å². The lowest BCUT2D eigenvalue weighted by molar-refractivity contribution is 0.341. The maximum absolute atomic E-state index is 3.69. The molecular formula is C12H25N3. The van der Waals surface area contributed by atoms with E-state index in [0.29, 0.717) is 0 Å². The highest BCUT2D eigenvalue weighted by Crippen LogP contribution is 2.13. The molecule has 2 N–H and O–H groups in total. The van der Waals surface area contributed by atoms with Crippen LogP contribution < -0.4 is 10.6 Å². The van der Waals surface area contributed by atoms with Gasteiger partial charge in [0.15, 0.2) is 0 Å². The lowest BCUT2D eigenvalue weighted by Gasteiger charge is -2.23. The van der Waals surface area contributed by atoms with Crippen LogP contribution in [0.3, 0.4) is 0 Å². The van der Waals surface area contributed by atoms with Gasteiger partial charge in [-0.25, -0.2) is 0 Å². The van der Waals surface area contributed by atoms with Crippen LogP contribution in [0.4, 0.5) is 0 Å². The molecule has 2 aliphatic rings. The van der Waals surface area contributed by atoms with Gasteiger partial charge in [-0.05, 0) is 64.8 Å². The molecule has 0 bridgehead atoms. The molecule has 2 fully saturated rings. The fourth-order valence-corrected chi connectivity index (χ4v) is 2.76. The number of nitrogens with zero attached hydrogens (tertiary/aromatic N) is 1. The molecule has 2 rings (SSSR count). The van der Waals surface area contributed by atoms with Gasteiger partial charge in [-0.15, -0.1) is 0 Å². The van der Waals surface area contributed by atoms with Crippen LogP contribution in [0, 0.1) is 5.92 Å². The summed E-state index contributed by atoms with van der Waals surface area (Å²) in [4.78, 5) is 2.42. The molecule has 2 saturated heterocycles. The average Bonchev–Trinajstić information content (AvgIpc) is 2.66. The maximum Gasteiger partial charge on any atom is 0.0207 e. The molecule has 3 nitrogen and oxygen atoms in total. The summed E-state index contributed by atoms with van der Waals surface area (Å²) in [7, 11) is 2.22. The van der Waals surface area contributed by atoms with Crippen LogP contribution in [0.15, 0.2) is 0 Å². The van der Waals surface area contributed by atoms with Crippen molar-refractivity contribution in [3.05, 3.63) is 0 Å². The van der Waals surface area contributed by atoms with Crippen molar-refractivity contribution in [2.75, 3.05) is 39.8 Å². The highest BCUT2D eigenvalue weighted by Gasteiger charge is 2.19. The van der Waals surface area contributed by atoms with E-state index in [2.05, 4.69) is 22.6 Å². The molecule has 0 aromatic carbocycles. The van der Waals surface area contributed by atoms with Crippen molar-refractivity contribution in [3.63, 3.8) is 0 Å². The zero-order valence-corrected chi connectivity index (χ0v) is 9.97. The average molecular weight is 211 g/mol. The first-order chi connectivity index (χ1) is 7.34. The van der Waals surface area contributed by atoms with Gasteiger partial charge in [0.25, 0.3) is 0 Å². The Morgan fingerprint density at radius 1 is 1.40 bits per heavy atom. The molecule has 0 aromatic rings. The maximum atomic E-state index is 3.69. The molecule has 0 spiro atoms. The van der Waals surface area contributed by atoms with E-state index in [9.17, 15) is 0 Å². The van der Waals surface area contributed by atoms with Crippen LogP contribution in [0.1, 0.15) is 25.7 Å². The van der Waals surface area contributed by atoms with Crippen LogP contribution in [0.5, 0.6) is 0 Å². The highest BCUT2D eigenvalue weighted by molar-refractivity contribution is 4.79. The Kier molecular flexibility index (Phi) is 4.42. The monoisotopic (exact) mass is 211 g/mol. The fraction of sp³-hybridized carbons (Fsp3) is 1.00. The Morgan fingerprint density at radius 2 is 2.33 bits per heavy atom. The van der Waals surface area contributed by atoms with Crippen molar-refractivity contribution in [1.82, 2.24) is 15.5 Å². The van der Waals surface area contributed by atoms with Gasteiger partial charge in [0.1, 0.15) is 0 Å². The van der Waals surface area contributed by atoms with Crippen LogP contribution in [-0.4, -0.2) is 50.7 Å². The molecule has 2 heterocycles. The van der Waals surface area contributed by atoms with E-state index in [1.807, 2.05) is 0 Å². The summed E-state index contributed by atoms with van der Waals surface area (Å²) >= 11 is 0. The van der Waals surface area contributed by atoms with Crippen molar-refractivity contribution >= 4 is 0 Å². The van der Waals surface area contributed by atoms with Crippen molar-refractivity contribution < 1.29 is 0 Å². The van der Waals surface area contributed by atoms with Crippen molar-refractivity contribution in [3.8, 4) is 0 Å². The number of likely N-dealkylation sites (N-methyl/N-ethyl adjacent to an activating group) is 1. The molecule has 0 radical (unpaired) electrons. The molecule has 3 heteroatoms. The predicted octanol–water partition coefficient (Wildman–Crippen LogP) is 0.670. The Bertz CT molecular complexity index is 173. The zero-order valence-electron chi connectivity index (χ0n) is 9.97. The minimum Gasteiger partial charge on any atom is -0.316 e. The molecule has 2 atom stereocenters. The normalized spacial score (nSPS) is 33.4. The summed E-state index contributed by atoms with van der Waals surface area (Å²) in [5, 5.41) is 7.17. The number of piperidine rings is 1. The first-order valence-electron chi connectivity index (χ1n) is 6.47. The van der Waals surface area contributed by atoms with Crippen molar-refractivity contribution in [2.24, 2.45) is 5.92 Å². The summed E-state index contributed by atoms with van der Waals surface area (Å²) in [6, 6.07) is 0.756. The minimum atomic E-state index is 0.756. The summed E-state index contributed by atoms with van der Waals surface area (Å²) in [5.41, 5.74) is 0. The third kappa shape index (κ3) is 3.74. The molecule has 0 aromatic heterocycles. The van der Waals surface area contributed by atoms with Crippen LogP contribution in [-0.2, 0) is 0 Å². The molecule has 0 aliphatic carbocycles. The second-order valence-corrected chi connectivity index (χ2v) is 5.20. The second kappa shape index (κ2) is 5.83. The molecular weight excluding hydrogens is 186 g/mol. The number of likely N-dealkylation sites (tertiary alicyclic amines) is 1. The largest absolute Gasteiger partial charge is 0.316 e. The van der Waals surface area contributed by atoms with Gasteiger partial charge in [0.2, 0.25) is 0 Å². The third-order valence-electron chi connectivity index (χ3n) is 3.78. The molecule has 88 valence electrons. The van der Waals surface area contributed by atoms with E-state index in [1.54, 1.807) is 0 Å². The topological polar surface area (TPSA) is 27.3 Å². The Hall–Kier alpha value is -0.120. The summed E-state index contributed by atoms with van der Waals surface area (Å²) in [6.07, 6.45) is 5.49. The van der Waals surface area contributed by atoms with Crippen LogP contribution in [0.2, 0.25) is 0 Å². The SMILES string of the molecule is CN1CCC(NCCC2CCCNC2)C1.